The van der Waals surface area contributed by atoms with E-state index in [1.165, 1.54) is 0 Å². The molecule has 0 aliphatic heterocycles. The smallest absolute Gasteiger partial charge is 0.254 e. The number of fused-ring (bicyclic) bond motifs is 1. The fourth-order valence-electron chi connectivity index (χ4n) is 2.97. The van der Waals surface area contributed by atoms with E-state index in [9.17, 15) is 9.90 Å². The van der Waals surface area contributed by atoms with E-state index in [1.807, 2.05) is 38.2 Å². The van der Waals surface area contributed by atoms with Crippen LogP contribution in [0, 0.1) is 0 Å². The summed E-state index contributed by atoms with van der Waals surface area (Å²) in [4.78, 5) is 17.3. The largest absolute Gasteiger partial charge is 0.390 e. The summed E-state index contributed by atoms with van der Waals surface area (Å²) in [7, 11) is 0. The Morgan fingerprint density at radius 2 is 2.04 bits per heavy atom. The minimum atomic E-state index is -0.826. The number of carbonyl (C=O) groups is 1. The van der Waals surface area contributed by atoms with E-state index < -0.39 is 5.60 Å². The summed E-state index contributed by atoms with van der Waals surface area (Å²) in [5.74, 6) is -0.212. The van der Waals surface area contributed by atoms with E-state index in [0.29, 0.717) is 18.5 Å². The van der Waals surface area contributed by atoms with Crippen LogP contribution in [0.1, 0.15) is 44.5 Å². The quantitative estimate of drug-likeness (QED) is 0.503. The number of nitrogens with zero attached hydrogens (tertiary/aromatic N) is 2. The van der Waals surface area contributed by atoms with Crippen LogP contribution in [-0.2, 0) is 0 Å². The van der Waals surface area contributed by atoms with E-state index in [1.54, 1.807) is 26.2 Å². The van der Waals surface area contributed by atoms with Crippen LogP contribution in [0.5, 0.6) is 0 Å². The van der Waals surface area contributed by atoms with Crippen molar-refractivity contribution in [3.63, 3.8) is 0 Å². The topological polar surface area (TPSA) is 103 Å². The number of hydrogen-bond donors (Lipinski definition) is 4. The van der Waals surface area contributed by atoms with Gasteiger partial charge in [-0.25, -0.2) is 0 Å². The molecule has 0 unspecified atom stereocenters. The molecule has 0 atom stereocenters. The van der Waals surface area contributed by atoms with Crippen LogP contribution < -0.4 is 10.6 Å². The Balaban J connectivity index is 2.00. The lowest BCUT2D eigenvalue weighted by atomic mass is 10.0. The van der Waals surface area contributed by atoms with Gasteiger partial charge in [-0.3, -0.25) is 14.9 Å². The predicted molar refractivity (Wildman–Crippen MR) is 111 cm³/mol. The molecule has 3 rings (SSSR count). The van der Waals surface area contributed by atoms with Crippen LogP contribution in [0.3, 0.4) is 0 Å². The molecule has 0 fully saturated rings. The van der Waals surface area contributed by atoms with Crippen molar-refractivity contribution >= 4 is 22.5 Å². The number of pyridine rings is 1. The first kappa shape index (κ1) is 19.8. The van der Waals surface area contributed by atoms with E-state index >= 15 is 0 Å². The van der Waals surface area contributed by atoms with Crippen molar-refractivity contribution in [3.05, 3.63) is 42.4 Å². The second kappa shape index (κ2) is 7.98. The lowest BCUT2D eigenvalue weighted by Crippen LogP contribution is -2.31. The zero-order valence-corrected chi connectivity index (χ0v) is 16.7. The summed E-state index contributed by atoms with van der Waals surface area (Å²) in [5.41, 5.74) is 3.19. The Hall–Kier alpha value is -2.93. The van der Waals surface area contributed by atoms with E-state index in [0.717, 1.165) is 27.7 Å². The molecule has 7 nitrogen and oxygen atoms in total. The molecule has 0 saturated carbocycles. The number of carbonyl (C=O) groups excluding carboxylic acids is 1. The summed E-state index contributed by atoms with van der Waals surface area (Å²) in [6.07, 6.45) is 5.66. The van der Waals surface area contributed by atoms with Crippen molar-refractivity contribution < 1.29 is 9.90 Å². The average molecular weight is 381 g/mol. The van der Waals surface area contributed by atoms with Gasteiger partial charge in [0.25, 0.3) is 5.91 Å². The van der Waals surface area contributed by atoms with Gasteiger partial charge >= 0.3 is 0 Å². The molecule has 0 bridgehead atoms. The van der Waals surface area contributed by atoms with Crippen LogP contribution in [0.4, 0.5) is 5.69 Å². The van der Waals surface area contributed by atoms with Crippen LogP contribution in [0.15, 0.2) is 36.8 Å². The number of anilines is 1. The molecular weight excluding hydrogens is 354 g/mol. The molecule has 7 heteroatoms. The molecule has 3 aromatic rings. The van der Waals surface area contributed by atoms with Gasteiger partial charge in [-0.15, -0.1) is 0 Å². The van der Waals surface area contributed by atoms with Crippen molar-refractivity contribution in [2.45, 2.75) is 45.8 Å². The molecule has 0 saturated heterocycles. The van der Waals surface area contributed by atoms with Crippen LogP contribution in [0.2, 0.25) is 0 Å². The molecule has 2 aromatic heterocycles. The Bertz CT molecular complexity index is 959. The Kier molecular flexibility index (Phi) is 5.65. The maximum atomic E-state index is 12.8. The van der Waals surface area contributed by atoms with Crippen molar-refractivity contribution in [3.8, 4) is 11.1 Å². The highest BCUT2D eigenvalue weighted by molar-refractivity contribution is 6.07. The normalized spacial score (nSPS) is 11.8. The lowest BCUT2D eigenvalue weighted by molar-refractivity contribution is 0.0693. The zero-order valence-electron chi connectivity index (χ0n) is 16.7. The minimum Gasteiger partial charge on any atom is -0.390 e. The van der Waals surface area contributed by atoms with Gasteiger partial charge in [0.1, 0.15) is 0 Å². The van der Waals surface area contributed by atoms with Gasteiger partial charge in [0, 0.05) is 35.9 Å². The summed E-state index contributed by atoms with van der Waals surface area (Å²) in [6.45, 7) is 7.89. The van der Waals surface area contributed by atoms with Crippen molar-refractivity contribution in [2.24, 2.45) is 0 Å². The number of aromatic nitrogens is 3. The van der Waals surface area contributed by atoms with Gasteiger partial charge in [0.15, 0.2) is 0 Å². The predicted octanol–water partition coefficient (Wildman–Crippen LogP) is 3.34. The zero-order chi connectivity index (χ0) is 20.3. The Labute approximate surface area is 164 Å². The first-order chi connectivity index (χ1) is 13.2. The molecule has 0 radical (unpaired) electrons. The third kappa shape index (κ3) is 4.67. The minimum absolute atomic E-state index is 0.145. The summed E-state index contributed by atoms with van der Waals surface area (Å²) in [5, 5.41) is 23.8. The lowest BCUT2D eigenvalue weighted by Gasteiger charge is -2.19. The molecule has 0 spiro atoms. The van der Waals surface area contributed by atoms with Gasteiger partial charge < -0.3 is 15.7 Å². The highest BCUT2D eigenvalue weighted by Gasteiger charge is 2.18. The maximum Gasteiger partial charge on any atom is 0.254 e. The fraction of sp³-hybridized carbons (Fsp3) is 0.381. The number of hydrogen-bond acceptors (Lipinski definition) is 5. The van der Waals surface area contributed by atoms with Gasteiger partial charge in [-0.2, -0.15) is 5.10 Å². The molecule has 4 N–H and O–H groups in total. The van der Waals surface area contributed by atoms with Crippen molar-refractivity contribution in [2.75, 3.05) is 11.9 Å². The summed E-state index contributed by atoms with van der Waals surface area (Å²) >= 11 is 0. The first-order valence-corrected chi connectivity index (χ1v) is 9.43. The molecule has 0 aliphatic rings. The van der Waals surface area contributed by atoms with Gasteiger partial charge in [-0.05, 0) is 51.8 Å². The number of nitrogens with one attached hydrogen (secondary N) is 3. The van der Waals surface area contributed by atoms with Crippen molar-refractivity contribution in [1.82, 2.24) is 20.5 Å². The molecule has 148 valence electrons. The van der Waals surface area contributed by atoms with E-state index in [2.05, 4.69) is 25.8 Å². The number of aliphatic hydroxyl groups is 1. The third-order valence-electron chi connectivity index (χ3n) is 4.40. The molecule has 0 aliphatic carbocycles. The number of H-pyrrole nitrogens is 1. The maximum absolute atomic E-state index is 12.8. The fourth-order valence-corrected chi connectivity index (χ4v) is 2.97. The van der Waals surface area contributed by atoms with Crippen LogP contribution in [0.25, 0.3) is 22.0 Å². The summed E-state index contributed by atoms with van der Waals surface area (Å²) < 4.78 is 0. The highest BCUT2D eigenvalue weighted by atomic mass is 16.3. The van der Waals surface area contributed by atoms with Gasteiger partial charge in [-0.1, -0.05) is 6.07 Å². The molecule has 1 aromatic carbocycles. The molecule has 2 heterocycles. The monoisotopic (exact) mass is 381 g/mol. The van der Waals surface area contributed by atoms with E-state index in [-0.39, 0.29) is 11.9 Å². The Morgan fingerprint density at radius 1 is 1.25 bits per heavy atom. The van der Waals surface area contributed by atoms with Crippen molar-refractivity contribution in [1.29, 1.82) is 0 Å². The first-order valence-electron chi connectivity index (χ1n) is 9.43. The van der Waals surface area contributed by atoms with Gasteiger partial charge in [0.05, 0.1) is 28.6 Å². The van der Waals surface area contributed by atoms with E-state index in [4.69, 9.17) is 0 Å². The number of amides is 1. The number of aromatic amines is 1. The Morgan fingerprint density at radius 3 is 2.68 bits per heavy atom. The molecule has 1 amide bonds. The number of rotatable bonds is 7. The molecular formula is C21H27N5O2. The average Bonchev–Trinajstić information content (AvgIpc) is 3.14. The molecule has 28 heavy (non-hydrogen) atoms. The standard InChI is InChI=1S/C21H27N5O2/c1-13(2)26-19-16-9-14(15-10-24-25-11-15)5-6-18(16)23-12-17(19)20(27)22-8-7-21(3,4)28/h5-6,9-13,28H,7-8H2,1-4H3,(H,22,27)(H,23,26)(H,24,25). The second-order valence-electron chi connectivity index (χ2n) is 7.88. The SMILES string of the molecule is CC(C)Nc1c(C(=O)NCCC(C)(C)O)cnc2ccc(-c3cn[nH]c3)cc12. The second-order valence-corrected chi connectivity index (χ2v) is 7.88. The van der Waals surface area contributed by atoms with Gasteiger partial charge in [0.2, 0.25) is 0 Å². The highest BCUT2D eigenvalue weighted by Crippen LogP contribution is 2.31. The number of benzene rings is 1. The van der Waals surface area contributed by atoms with Crippen LogP contribution >= 0.6 is 0 Å². The van der Waals surface area contributed by atoms with Crippen LogP contribution in [-0.4, -0.2) is 44.4 Å². The third-order valence-corrected chi connectivity index (χ3v) is 4.40. The summed E-state index contributed by atoms with van der Waals surface area (Å²) in [6, 6.07) is 6.10.